The zero-order valence-electron chi connectivity index (χ0n) is 17.7. The Labute approximate surface area is 190 Å². The van der Waals surface area contributed by atoms with Gasteiger partial charge in [-0.25, -0.2) is 0 Å². The highest BCUT2D eigenvalue weighted by Gasteiger charge is 2.43. The molecule has 1 aliphatic heterocycles. The van der Waals surface area contributed by atoms with Crippen molar-refractivity contribution in [2.24, 2.45) is 0 Å². The molecule has 3 aromatic rings. The number of anilines is 1. The fourth-order valence-corrected chi connectivity index (χ4v) is 3.75. The Hall–Kier alpha value is -4.52. The number of aliphatic hydroxyl groups is 1. The normalized spacial score (nSPS) is 16.0. The van der Waals surface area contributed by atoms with Crippen LogP contribution in [-0.2, 0) is 9.59 Å². The SMILES string of the molecule is Cc1ccc(N2C(=O)C(O)=C(C(=O)/C=C/c3ccccc3)[C@@H]2c2ccc([N+](=O)[O-])cc2)cc1. The summed E-state index contributed by atoms with van der Waals surface area (Å²) in [6.45, 7) is 1.91. The molecule has 0 spiro atoms. The highest BCUT2D eigenvalue weighted by Crippen LogP contribution is 2.41. The zero-order chi connectivity index (χ0) is 23.5. The number of non-ortho nitro benzene ring substituents is 1. The van der Waals surface area contributed by atoms with Crippen molar-refractivity contribution in [2.75, 3.05) is 4.90 Å². The Kier molecular flexibility index (Phi) is 5.87. The van der Waals surface area contributed by atoms with Gasteiger partial charge in [-0.15, -0.1) is 0 Å². The molecule has 0 radical (unpaired) electrons. The Morgan fingerprint density at radius 2 is 1.64 bits per heavy atom. The Bertz CT molecular complexity index is 1280. The van der Waals surface area contributed by atoms with Gasteiger partial charge in [-0.1, -0.05) is 54.1 Å². The fourth-order valence-electron chi connectivity index (χ4n) is 3.75. The second-order valence-corrected chi connectivity index (χ2v) is 7.63. The number of ketones is 1. The van der Waals surface area contributed by atoms with Crippen molar-refractivity contribution in [1.82, 2.24) is 0 Å². The van der Waals surface area contributed by atoms with E-state index >= 15 is 0 Å². The van der Waals surface area contributed by atoms with Crippen molar-refractivity contribution in [1.29, 1.82) is 0 Å². The molecule has 33 heavy (non-hydrogen) atoms. The first-order valence-corrected chi connectivity index (χ1v) is 10.2. The number of hydrogen-bond donors (Lipinski definition) is 1. The number of nitro benzene ring substituents is 1. The topological polar surface area (TPSA) is 101 Å². The van der Waals surface area contributed by atoms with Crippen LogP contribution >= 0.6 is 0 Å². The number of aryl methyl sites for hydroxylation is 1. The van der Waals surface area contributed by atoms with Crippen LogP contribution in [0.4, 0.5) is 11.4 Å². The van der Waals surface area contributed by atoms with E-state index in [9.17, 15) is 24.8 Å². The lowest BCUT2D eigenvalue weighted by molar-refractivity contribution is -0.384. The molecule has 1 atom stereocenters. The minimum absolute atomic E-state index is 0.0818. The van der Waals surface area contributed by atoms with E-state index in [1.54, 1.807) is 18.2 Å². The molecule has 1 aliphatic rings. The lowest BCUT2D eigenvalue weighted by Gasteiger charge is -2.26. The summed E-state index contributed by atoms with van der Waals surface area (Å²) in [5.41, 5.74) is 2.54. The Balaban J connectivity index is 1.79. The van der Waals surface area contributed by atoms with Crippen LogP contribution in [0.1, 0.15) is 22.7 Å². The van der Waals surface area contributed by atoms with Crippen molar-refractivity contribution in [2.45, 2.75) is 13.0 Å². The summed E-state index contributed by atoms with van der Waals surface area (Å²) in [6, 6.07) is 20.9. The van der Waals surface area contributed by atoms with Crippen LogP contribution in [0.25, 0.3) is 6.08 Å². The summed E-state index contributed by atoms with van der Waals surface area (Å²) in [4.78, 5) is 38.1. The molecule has 4 rings (SSSR count). The van der Waals surface area contributed by atoms with E-state index in [1.807, 2.05) is 49.4 Å². The zero-order valence-corrected chi connectivity index (χ0v) is 17.7. The summed E-state index contributed by atoms with van der Waals surface area (Å²) >= 11 is 0. The van der Waals surface area contributed by atoms with Gasteiger partial charge in [0, 0.05) is 17.8 Å². The molecule has 0 unspecified atom stereocenters. The second kappa shape index (κ2) is 8.92. The van der Waals surface area contributed by atoms with Crippen LogP contribution in [0, 0.1) is 17.0 Å². The van der Waals surface area contributed by atoms with E-state index in [0.717, 1.165) is 11.1 Å². The predicted molar refractivity (Wildman–Crippen MR) is 125 cm³/mol. The first kappa shape index (κ1) is 21.7. The van der Waals surface area contributed by atoms with Crippen molar-refractivity contribution >= 4 is 29.1 Å². The van der Waals surface area contributed by atoms with E-state index < -0.39 is 28.4 Å². The van der Waals surface area contributed by atoms with E-state index in [2.05, 4.69) is 0 Å². The van der Waals surface area contributed by atoms with Crippen LogP contribution in [-0.4, -0.2) is 21.7 Å². The van der Waals surface area contributed by atoms with Crippen molar-refractivity contribution in [3.05, 3.63) is 123 Å². The van der Waals surface area contributed by atoms with Gasteiger partial charge >= 0.3 is 0 Å². The van der Waals surface area contributed by atoms with Gasteiger partial charge in [0.1, 0.15) is 0 Å². The average Bonchev–Trinajstić information content (AvgIpc) is 3.09. The van der Waals surface area contributed by atoms with Gasteiger partial charge in [0.15, 0.2) is 11.5 Å². The highest BCUT2D eigenvalue weighted by molar-refractivity contribution is 6.19. The van der Waals surface area contributed by atoms with Crippen LogP contribution in [0.3, 0.4) is 0 Å². The first-order valence-electron chi connectivity index (χ1n) is 10.2. The molecule has 0 bridgehead atoms. The number of carbonyl (C=O) groups is 2. The average molecular weight is 440 g/mol. The van der Waals surface area contributed by atoms with Gasteiger partial charge in [-0.3, -0.25) is 24.6 Å². The maximum atomic E-state index is 13.2. The van der Waals surface area contributed by atoms with E-state index in [1.165, 1.54) is 35.2 Å². The lowest BCUT2D eigenvalue weighted by Crippen LogP contribution is -2.30. The van der Waals surface area contributed by atoms with Crippen molar-refractivity contribution in [3.63, 3.8) is 0 Å². The molecule has 7 nitrogen and oxygen atoms in total. The minimum atomic E-state index is -0.936. The standard InChI is InChI=1S/C26H20N2O5/c1-17-7-12-20(13-8-17)27-24(19-10-14-21(15-11-19)28(32)33)23(25(30)26(27)31)22(29)16-9-18-5-3-2-4-6-18/h2-16,24,30H,1H3/b16-9+/t24-/m0/s1. The second-order valence-electron chi connectivity index (χ2n) is 7.63. The summed E-state index contributed by atoms with van der Waals surface area (Å²) in [6.07, 6.45) is 2.92. The Morgan fingerprint density at radius 3 is 2.24 bits per heavy atom. The molecule has 0 fully saturated rings. The molecule has 0 aromatic heterocycles. The van der Waals surface area contributed by atoms with Crippen LogP contribution < -0.4 is 4.90 Å². The van der Waals surface area contributed by atoms with Gasteiger partial charge in [0.25, 0.3) is 11.6 Å². The third-order valence-electron chi connectivity index (χ3n) is 5.43. The number of allylic oxidation sites excluding steroid dienone is 1. The summed E-state index contributed by atoms with van der Waals surface area (Å²) in [7, 11) is 0. The summed E-state index contributed by atoms with van der Waals surface area (Å²) < 4.78 is 0. The first-order chi connectivity index (χ1) is 15.9. The smallest absolute Gasteiger partial charge is 0.294 e. The number of rotatable bonds is 6. The summed E-state index contributed by atoms with van der Waals surface area (Å²) in [5, 5.41) is 21.8. The molecule has 3 aromatic carbocycles. The number of hydrogen-bond acceptors (Lipinski definition) is 5. The maximum Gasteiger partial charge on any atom is 0.294 e. The third kappa shape index (κ3) is 4.29. The molecule has 0 aliphatic carbocycles. The molecular formula is C26H20N2O5. The molecule has 1 amide bonds. The molecule has 1 N–H and O–H groups in total. The molecule has 0 saturated heterocycles. The molecular weight excluding hydrogens is 420 g/mol. The monoisotopic (exact) mass is 440 g/mol. The lowest BCUT2D eigenvalue weighted by atomic mass is 9.95. The third-order valence-corrected chi connectivity index (χ3v) is 5.43. The predicted octanol–water partition coefficient (Wildman–Crippen LogP) is 5.09. The van der Waals surface area contributed by atoms with E-state index in [-0.39, 0.29) is 11.3 Å². The minimum Gasteiger partial charge on any atom is -0.503 e. The van der Waals surface area contributed by atoms with Gasteiger partial charge < -0.3 is 5.11 Å². The van der Waals surface area contributed by atoms with E-state index in [0.29, 0.717) is 11.3 Å². The van der Waals surface area contributed by atoms with Gasteiger partial charge in [0.2, 0.25) is 0 Å². The van der Waals surface area contributed by atoms with Crippen LogP contribution in [0.15, 0.2) is 96.3 Å². The number of benzene rings is 3. The van der Waals surface area contributed by atoms with Crippen LogP contribution in [0.2, 0.25) is 0 Å². The van der Waals surface area contributed by atoms with Crippen molar-refractivity contribution < 1.29 is 19.6 Å². The molecule has 164 valence electrons. The summed E-state index contributed by atoms with van der Waals surface area (Å²) in [5.74, 6) is -1.87. The van der Waals surface area contributed by atoms with Gasteiger partial charge in [-0.05, 0) is 48.4 Å². The highest BCUT2D eigenvalue weighted by atomic mass is 16.6. The van der Waals surface area contributed by atoms with E-state index in [4.69, 9.17) is 0 Å². The quantitative estimate of drug-likeness (QED) is 0.327. The van der Waals surface area contributed by atoms with Gasteiger partial charge in [-0.2, -0.15) is 0 Å². The fraction of sp³-hybridized carbons (Fsp3) is 0.0769. The van der Waals surface area contributed by atoms with Crippen LogP contribution in [0.5, 0.6) is 0 Å². The number of carbonyl (C=O) groups excluding carboxylic acids is 2. The number of nitro groups is 1. The number of aliphatic hydroxyl groups excluding tert-OH is 1. The van der Waals surface area contributed by atoms with Gasteiger partial charge in [0.05, 0.1) is 16.5 Å². The number of nitrogens with zero attached hydrogens (tertiary/aromatic N) is 2. The number of amides is 1. The van der Waals surface area contributed by atoms with Crippen molar-refractivity contribution in [3.8, 4) is 0 Å². The molecule has 1 heterocycles. The molecule has 0 saturated carbocycles. The Morgan fingerprint density at radius 1 is 1.00 bits per heavy atom. The molecule has 7 heteroatoms. The largest absolute Gasteiger partial charge is 0.503 e. The maximum absolute atomic E-state index is 13.2.